The molecular weight excluding hydrogens is 699 g/mol. The summed E-state index contributed by atoms with van der Waals surface area (Å²) >= 11 is 0. The van der Waals surface area contributed by atoms with Crippen molar-refractivity contribution in [1.29, 1.82) is 0 Å². The third-order valence-corrected chi connectivity index (χ3v) is 11.3. The lowest BCUT2D eigenvalue weighted by atomic mass is 9.83. The Morgan fingerprint density at radius 1 is 0.345 bits per heavy atom. The molecule has 0 aliphatic heterocycles. The zero-order valence-corrected chi connectivity index (χ0v) is 31.2. The van der Waals surface area contributed by atoms with Crippen molar-refractivity contribution in [3.05, 3.63) is 247 Å². The molecule has 0 radical (unpaired) electrons. The van der Waals surface area contributed by atoms with Gasteiger partial charge in [-0.15, -0.1) is 0 Å². The fourth-order valence-corrected chi connectivity index (χ4v) is 8.48. The molecule has 0 aliphatic rings. The van der Waals surface area contributed by atoms with Crippen molar-refractivity contribution in [3.63, 3.8) is 0 Å². The highest BCUT2D eigenvalue weighted by Gasteiger charge is 2.19. The Bertz CT molecular complexity index is 3670. The van der Waals surface area contributed by atoms with Crippen LogP contribution in [0.5, 0.6) is 0 Å². The molecule has 1 heteroatoms. The number of para-hydroxylation sites is 1. The van der Waals surface area contributed by atoms with Gasteiger partial charge in [0.05, 0.1) is 24.7 Å². The van der Waals surface area contributed by atoms with E-state index < -0.39 is 36.3 Å². The quantitative estimate of drug-likeness (QED) is 0.143. The Labute approximate surface area is 352 Å². The van der Waals surface area contributed by atoms with E-state index in [2.05, 4.69) is 120 Å². The maximum absolute atomic E-state index is 8.58. The monoisotopic (exact) mass is 747 g/mol. The molecule has 0 saturated carbocycles. The molecule has 0 spiro atoms. The van der Waals surface area contributed by atoms with E-state index in [9.17, 15) is 0 Å². The second-order valence-corrected chi connectivity index (χ2v) is 14.6. The zero-order valence-electron chi connectivity index (χ0n) is 41.2. The maximum atomic E-state index is 8.58. The van der Waals surface area contributed by atoms with Crippen LogP contribution < -0.4 is 0 Å². The van der Waals surface area contributed by atoms with E-state index >= 15 is 0 Å². The molecule has 0 amide bonds. The van der Waals surface area contributed by atoms with Gasteiger partial charge in [-0.2, -0.15) is 0 Å². The molecule has 11 aromatic rings. The number of hydrogen-bond donors (Lipinski definition) is 0. The average molecular weight is 748 g/mol. The van der Waals surface area contributed by atoms with Gasteiger partial charge in [-0.25, -0.2) is 0 Å². The Morgan fingerprint density at radius 3 is 1.57 bits per heavy atom. The van der Waals surface area contributed by atoms with E-state index in [1.165, 1.54) is 27.1 Å². The van der Waals surface area contributed by atoms with Crippen LogP contribution >= 0.6 is 0 Å². The summed E-state index contributed by atoms with van der Waals surface area (Å²) in [6.45, 7) is 0. The first-order chi connectivity index (χ1) is 32.9. The van der Waals surface area contributed by atoms with Crippen molar-refractivity contribution in [1.82, 2.24) is 4.57 Å². The molecule has 0 atom stereocenters. The topological polar surface area (TPSA) is 4.93 Å². The third-order valence-electron chi connectivity index (χ3n) is 11.3. The van der Waals surface area contributed by atoms with Gasteiger partial charge in [-0.3, -0.25) is 0 Å². The summed E-state index contributed by atoms with van der Waals surface area (Å²) in [6, 6.07) is 54.2. The Kier molecular flexibility index (Phi) is 6.11. The smallest absolute Gasteiger partial charge is 0.0629 e. The van der Waals surface area contributed by atoms with Gasteiger partial charge in [-0.05, 0) is 96.6 Å². The molecule has 1 nitrogen and oxygen atoms in total. The Morgan fingerprint density at radius 2 is 0.879 bits per heavy atom. The Balaban J connectivity index is 1.01. The van der Waals surface area contributed by atoms with Crippen LogP contribution in [0.4, 0.5) is 0 Å². The fraction of sp³-hybridized carbons (Fsp3) is 0.0175. The van der Waals surface area contributed by atoms with Gasteiger partial charge >= 0.3 is 0 Å². The molecule has 58 heavy (non-hydrogen) atoms. The number of benzene rings is 10. The second-order valence-electron chi connectivity index (χ2n) is 14.6. The number of hydrogen-bond acceptors (Lipinski definition) is 0. The predicted octanol–water partition coefficient (Wildman–Crippen LogP) is 15.3. The highest BCUT2D eigenvalue weighted by molar-refractivity contribution is 6.19. The first kappa shape index (κ1) is 24.9. The zero-order chi connectivity index (χ0) is 47.1. The molecule has 272 valence electrons. The van der Waals surface area contributed by atoms with E-state index in [0.717, 1.165) is 49.8 Å². The highest BCUT2D eigenvalue weighted by atomic mass is 15.0. The van der Waals surface area contributed by atoms with Gasteiger partial charge in [0, 0.05) is 27.8 Å². The van der Waals surface area contributed by atoms with Crippen molar-refractivity contribution in [2.75, 3.05) is 0 Å². The van der Waals surface area contributed by atoms with Crippen molar-refractivity contribution in [2.45, 2.75) is 5.92 Å². The van der Waals surface area contributed by atoms with Crippen molar-refractivity contribution in [2.24, 2.45) is 0 Å². The normalized spacial score (nSPS) is 14.0. The molecule has 10 aromatic carbocycles. The minimum atomic E-state index is -0.446. The van der Waals surface area contributed by atoms with Crippen molar-refractivity contribution < 1.29 is 13.7 Å². The lowest BCUT2D eigenvalue weighted by Crippen LogP contribution is -2.03. The first-order valence-electron chi connectivity index (χ1n) is 24.3. The lowest BCUT2D eigenvalue weighted by molar-refractivity contribution is 0.981. The first-order valence-corrected chi connectivity index (χ1v) is 19.3. The van der Waals surface area contributed by atoms with Gasteiger partial charge in [0.25, 0.3) is 0 Å². The molecule has 0 N–H and O–H groups in total. The molecule has 1 heterocycles. The predicted molar refractivity (Wildman–Crippen MR) is 246 cm³/mol. The minimum Gasteiger partial charge on any atom is -0.309 e. The van der Waals surface area contributed by atoms with Crippen LogP contribution in [0.25, 0.3) is 82.4 Å². The van der Waals surface area contributed by atoms with Crippen molar-refractivity contribution in [3.8, 4) is 39.1 Å². The van der Waals surface area contributed by atoms with E-state index in [0.29, 0.717) is 11.1 Å². The van der Waals surface area contributed by atoms with E-state index in [1.807, 2.05) is 30.3 Å². The second kappa shape index (κ2) is 14.2. The van der Waals surface area contributed by atoms with Crippen LogP contribution in [0.15, 0.2) is 230 Å². The van der Waals surface area contributed by atoms with Crippen LogP contribution in [0.2, 0.25) is 0 Å². The molecule has 1 aromatic heterocycles. The van der Waals surface area contributed by atoms with Crippen LogP contribution in [0.3, 0.4) is 0 Å². The molecule has 0 unspecified atom stereocenters. The molecule has 0 saturated heterocycles. The average Bonchev–Trinajstić information content (AvgIpc) is 3.71. The summed E-state index contributed by atoms with van der Waals surface area (Å²) in [6.07, 6.45) is 0. The van der Waals surface area contributed by atoms with Crippen LogP contribution in [-0.2, 0) is 0 Å². The van der Waals surface area contributed by atoms with Gasteiger partial charge in [0.1, 0.15) is 0 Å². The van der Waals surface area contributed by atoms with Gasteiger partial charge < -0.3 is 4.57 Å². The summed E-state index contributed by atoms with van der Waals surface area (Å²) in [5.74, 6) is -0.345. The lowest BCUT2D eigenvalue weighted by Gasteiger charge is -2.21. The summed E-state index contributed by atoms with van der Waals surface area (Å²) in [5, 5.41) is 6.81. The highest BCUT2D eigenvalue weighted by Crippen LogP contribution is 2.40. The van der Waals surface area contributed by atoms with Crippen molar-refractivity contribution >= 4 is 43.4 Å². The number of nitrogens with zero attached hydrogens (tertiary/aromatic N) is 1. The number of fused-ring (bicyclic) bond motifs is 6. The summed E-state index contributed by atoms with van der Waals surface area (Å²) in [7, 11) is 0. The SMILES string of the molecule is [2H]c1c([2H])c([2H])c(-c2ccc(C(c3ccc(-c4c([2H])c([2H])c([2H])c([2H])c4[2H])cc3)c3ccc4cc(-c5ccc6c(c5)c5ccc7ccccc7c5n6-c5ccccc5)ccc4c3)cc2)c([2H])c1[2H]. The van der Waals surface area contributed by atoms with E-state index in [-0.39, 0.29) is 41.2 Å². The third kappa shape index (κ3) is 5.97. The fourth-order valence-electron chi connectivity index (χ4n) is 8.48. The minimum absolute atomic E-state index is 0.123. The maximum Gasteiger partial charge on any atom is 0.0629 e. The molecule has 0 fully saturated rings. The number of aromatic nitrogens is 1. The summed E-state index contributed by atoms with van der Waals surface area (Å²) < 4.78 is 85.8. The van der Waals surface area contributed by atoms with Crippen LogP contribution in [0, 0.1) is 0 Å². The molecule has 11 rings (SSSR count). The molecular formula is C57H39N. The standard InChI is InChI=1S/C57H39N/c1-4-12-39(13-5-1)41-20-24-44(25-21-41)56(45-26-22-42(23-27-45)40-14-6-2-7-15-40)50-31-30-46-36-47(28-29-48(46)37-50)49-33-35-55-54(38-49)53-34-32-43-16-10-11-19-52(43)57(53)58(55)51-17-8-3-9-18-51/h1-38,56H/i1D,2D,4D,5D,6D,7D,12D,13D,14D,15D. The van der Waals surface area contributed by atoms with Crippen LogP contribution in [0.1, 0.15) is 36.3 Å². The van der Waals surface area contributed by atoms with Gasteiger partial charge in [0.2, 0.25) is 0 Å². The summed E-state index contributed by atoms with van der Waals surface area (Å²) in [4.78, 5) is 0. The molecule has 0 bridgehead atoms. The van der Waals surface area contributed by atoms with Crippen LogP contribution in [-0.4, -0.2) is 4.57 Å². The van der Waals surface area contributed by atoms with Gasteiger partial charge in [-0.1, -0.05) is 200 Å². The van der Waals surface area contributed by atoms with Gasteiger partial charge in [0.15, 0.2) is 0 Å². The Hall–Kier alpha value is -7.48. The van der Waals surface area contributed by atoms with E-state index in [4.69, 9.17) is 13.7 Å². The number of rotatable bonds is 7. The van der Waals surface area contributed by atoms with E-state index in [1.54, 1.807) is 24.3 Å². The molecule has 0 aliphatic carbocycles. The summed E-state index contributed by atoms with van der Waals surface area (Å²) in [5.41, 5.74) is 9.54. The largest absolute Gasteiger partial charge is 0.309 e.